The molecule has 0 aromatic heterocycles. The molecule has 0 spiro atoms. The van der Waals surface area contributed by atoms with Gasteiger partial charge in [0.05, 0.1) is 0 Å². The molecule has 0 bridgehead atoms. The predicted molar refractivity (Wildman–Crippen MR) is 69.4 cm³/mol. The Morgan fingerprint density at radius 3 is 2.39 bits per heavy atom. The molecule has 0 fully saturated rings. The Labute approximate surface area is 106 Å². The maximum absolute atomic E-state index is 12.4. The molecule has 0 radical (unpaired) electrons. The van der Waals surface area contributed by atoms with Crippen molar-refractivity contribution >= 4 is 11.6 Å². The third kappa shape index (κ3) is 1.52. The van der Waals surface area contributed by atoms with Crippen molar-refractivity contribution in [3.63, 3.8) is 0 Å². The van der Waals surface area contributed by atoms with Crippen molar-refractivity contribution in [2.24, 2.45) is 0 Å². The topological polar surface area (TPSA) is 29.5 Å². The van der Waals surface area contributed by atoms with Crippen LogP contribution < -0.4 is 4.90 Å². The Balaban J connectivity index is 2.11. The van der Waals surface area contributed by atoms with Gasteiger partial charge in [-0.3, -0.25) is 9.69 Å². The lowest BCUT2D eigenvalue weighted by Gasteiger charge is -2.23. The molecular formula is C15H13NO2. The van der Waals surface area contributed by atoms with Crippen LogP contribution in [-0.2, 0) is 4.74 Å². The van der Waals surface area contributed by atoms with Crippen molar-refractivity contribution in [1.29, 1.82) is 0 Å². The molecule has 1 unspecified atom stereocenters. The summed E-state index contributed by atoms with van der Waals surface area (Å²) in [7, 11) is 1.62. The summed E-state index contributed by atoms with van der Waals surface area (Å²) in [6, 6.07) is 17.2. The average molecular weight is 239 g/mol. The van der Waals surface area contributed by atoms with E-state index in [0.29, 0.717) is 5.56 Å². The molecule has 1 aliphatic heterocycles. The van der Waals surface area contributed by atoms with Gasteiger partial charge in [0.2, 0.25) is 0 Å². The number of carbonyl (C=O) groups is 1. The molecule has 1 aliphatic rings. The molecule has 0 N–H and O–H groups in total. The summed E-state index contributed by atoms with van der Waals surface area (Å²) >= 11 is 0. The summed E-state index contributed by atoms with van der Waals surface area (Å²) < 4.78 is 5.48. The van der Waals surface area contributed by atoms with E-state index in [1.54, 1.807) is 12.0 Å². The van der Waals surface area contributed by atoms with Crippen LogP contribution in [0.15, 0.2) is 54.6 Å². The third-order valence-electron chi connectivity index (χ3n) is 3.17. The van der Waals surface area contributed by atoms with Crippen LogP contribution in [0.5, 0.6) is 0 Å². The Kier molecular flexibility index (Phi) is 2.61. The van der Waals surface area contributed by atoms with Gasteiger partial charge in [0, 0.05) is 23.9 Å². The van der Waals surface area contributed by atoms with Gasteiger partial charge in [-0.05, 0) is 18.2 Å². The molecule has 3 rings (SSSR count). The number of hydrogen-bond donors (Lipinski definition) is 0. The standard InChI is InChI=1S/C15H13NO2/c1-18-15-13-10-6-5-9-12(13)14(17)16(15)11-7-3-2-4-8-11/h2-10,15H,1H3. The van der Waals surface area contributed by atoms with E-state index in [1.165, 1.54) is 0 Å². The van der Waals surface area contributed by atoms with E-state index in [1.807, 2.05) is 54.6 Å². The summed E-state index contributed by atoms with van der Waals surface area (Å²) in [5, 5.41) is 0. The second-order valence-electron chi connectivity index (χ2n) is 4.19. The second kappa shape index (κ2) is 4.27. The summed E-state index contributed by atoms with van der Waals surface area (Å²) in [6.45, 7) is 0. The van der Waals surface area contributed by atoms with E-state index in [0.717, 1.165) is 11.3 Å². The number of carbonyl (C=O) groups excluding carboxylic acids is 1. The zero-order valence-electron chi connectivity index (χ0n) is 10.0. The Morgan fingerprint density at radius 2 is 1.67 bits per heavy atom. The van der Waals surface area contributed by atoms with Crippen LogP contribution in [0.3, 0.4) is 0 Å². The number of anilines is 1. The molecule has 2 aromatic rings. The Morgan fingerprint density at radius 1 is 1.00 bits per heavy atom. The highest BCUT2D eigenvalue weighted by Crippen LogP contribution is 2.37. The van der Waals surface area contributed by atoms with Crippen LogP contribution in [0.25, 0.3) is 0 Å². The number of benzene rings is 2. The smallest absolute Gasteiger partial charge is 0.261 e. The molecule has 1 heterocycles. The van der Waals surface area contributed by atoms with Crippen molar-refractivity contribution < 1.29 is 9.53 Å². The molecule has 0 aliphatic carbocycles. The zero-order valence-corrected chi connectivity index (χ0v) is 10.0. The minimum atomic E-state index is -0.337. The number of nitrogens with zero attached hydrogens (tertiary/aromatic N) is 1. The predicted octanol–water partition coefficient (Wildman–Crippen LogP) is 2.99. The first-order valence-corrected chi connectivity index (χ1v) is 5.83. The number of methoxy groups -OCH3 is 1. The number of amides is 1. The van der Waals surface area contributed by atoms with E-state index in [-0.39, 0.29) is 12.1 Å². The lowest BCUT2D eigenvalue weighted by Crippen LogP contribution is -2.28. The first kappa shape index (κ1) is 11.0. The summed E-state index contributed by atoms with van der Waals surface area (Å²) in [6.07, 6.45) is -0.337. The molecule has 0 saturated carbocycles. The number of para-hydroxylation sites is 1. The van der Waals surface area contributed by atoms with E-state index in [9.17, 15) is 4.79 Å². The molecular weight excluding hydrogens is 226 g/mol. The highest BCUT2D eigenvalue weighted by Gasteiger charge is 2.37. The average Bonchev–Trinajstić information content (AvgIpc) is 2.73. The molecule has 90 valence electrons. The van der Waals surface area contributed by atoms with Gasteiger partial charge in [0.15, 0.2) is 6.23 Å². The summed E-state index contributed by atoms with van der Waals surface area (Å²) in [4.78, 5) is 14.1. The normalized spacial score (nSPS) is 17.9. The van der Waals surface area contributed by atoms with Crippen molar-refractivity contribution in [3.8, 4) is 0 Å². The lowest BCUT2D eigenvalue weighted by atomic mass is 10.1. The quantitative estimate of drug-likeness (QED) is 0.806. The monoisotopic (exact) mass is 239 g/mol. The van der Waals surface area contributed by atoms with Gasteiger partial charge in [-0.25, -0.2) is 0 Å². The second-order valence-corrected chi connectivity index (χ2v) is 4.19. The van der Waals surface area contributed by atoms with E-state index in [2.05, 4.69) is 0 Å². The van der Waals surface area contributed by atoms with Gasteiger partial charge in [-0.15, -0.1) is 0 Å². The number of rotatable bonds is 2. The van der Waals surface area contributed by atoms with E-state index in [4.69, 9.17) is 4.74 Å². The highest BCUT2D eigenvalue weighted by atomic mass is 16.5. The van der Waals surface area contributed by atoms with Gasteiger partial charge < -0.3 is 4.74 Å². The molecule has 3 heteroatoms. The molecule has 18 heavy (non-hydrogen) atoms. The SMILES string of the molecule is COC1c2ccccc2C(=O)N1c1ccccc1. The fourth-order valence-corrected chi connectivity index (χ4v) is 2.36. The minimum Gasteiger partial charge on any atom is -0.357 e. The Hall–Kier alpha value is -2.13. The van der Waals surface area contributed by atoms with Crippen LogP contribution >= 0.6 is 0 Å². The van der Waals surface area contributed by atoms with Crippen LogP contribution in [0.2, 0.25) is 0 Å². The van der Waals surface area contributed by atoms with Crippen molar-refractivity contribution in [3.05, 3.63) is 65.7 Å². The van der Waals surface area contributed by atoms with Crippen LogP contribution in [0.1, 0.15) is 22.1 Å². The number of ether oxygens (including phenoxy) is 1. The van der Waals surface area contributed by atoms with Crippen molar-refractivity contribution in [2.75, 3.05) is 12.0 Å². The van der Waals surface area contributed by atoms with Gasteiger partial charge in [0.1, 0.15) is 0 Å². The maximum Gasteiger partial charge on any atom is 0.261 e. The van der Waals surface area contributed by atoms with Gasteiger partial charge in [-0.1, -0.05) is 36.4 Å². The molecule has 1 amide bonds. The van der Waals surface area contributed by atoms with Crippen molar-refractivity contribution in [2.45, 2.75) is 6.23 Å². The molecule has 1 atom stereocenters. The van der Waals surface area contributed by atoms with Crippen molar-refractivity contribution in [1.82, 2.24) is 0 Å². The summed E-state index contributed by atoms with van der Waals surface area (Å²) in [5.74, 6) is -0.0105. The van der Waals surface area contributed by atoms with Crippen LogP contribution in [-0.4, -0.2) is 13.0 Å². The first-order valence-electron chi connectivity index (χ1n) is 5.83. The largest absolute Gasteiger partial charge is 0.357 e. The molecule has 0 saturated heterocycles. The molecule has 3 nitrogen and oxygen atoms in total. The Bertz CT molecular complexity index is 580. The number of fused-ring (bicyclic) bond motifs is 1. The minimum absolute atomic E-state index is 0.0105. The van der Waals surface area contributed by atoms with Gasteiger partial charge >= 0.3 is 0 Å². The third-order valence-corrected chi connectivity index (χ3v) is 3.17. The summed E-state index contributed by atoms with van der Waals surface area (Å²) in [5.41, 5.74) is 2.49. The highest BCUT2D eigenvalue weighted by molar-refractivity contribution is 6.10. The fourth-order valence-electron chi connectivity index (χ4n) is 2.36. The zero-order chi connectivity index (χ0) is 12.5. The lowest BCUT2D eigenvalue weighted by molar-refractivity contribution is 0.0823. The fraction of sp³-hybridized carbons (Fsp3) is 0.133. The molecule has 2 aromatic carbocycles. The maximum atomic E-state index is 12.4. The van der Waals surface area contributed by atoms with Gasteiger partial charge in [-0.2, -0.15) is 0 Å². The van der Waals surface area contributed by atoms with Gasteiger partial charge in [0.25, 0.3) is 5.91 Å². The van der Waals surface area contributed by atoms with E-state index >= 15 is 0 Å². The van der Waals surface area contributed by atoms with Crippen LogP contribution in [0, 0.1) is 0 Å². The first-order chi connectivity index (χ1) is 8.83. The van der Waals surface area contributed by atoms with Crippen LogP contribution in [0.4, 0.5) is 5.69 Å². The number of hydrogen-bond acceptors (Lipinski definition) is 2. The van der Waals surface area contributed by atoms with E-state index < -0.39 is 0 Å².